The third kappa shape index (κ3) is 2.88. The number of nitrogens with zero attached hydrogens (tertiary/aromatic N) is 2. The summed E-state index contributed by atoms with van der Waals surface area (Å²) >= 11 is 0. The van der Waals surface area contributed by atoms with E-state index in [4.69, 9.17) is 0 Å². The zero-order valence-corrected chi connectivity index (χ0v) is 9.50. The second-order valence-corrected chi connectivity index (χ2v) is 3.95. The first kappa shape index (κ1) is 12.6. The summed E-state index contributed by atoms with van der Waals surface area (Å²) in [5, 5.41) is 3.80. The number of halogens is 4. The average Bonchev–Trinajstić information content (AvgIpc) is 2.58. The van der Waals surface area contributed by atoms with Crippen LogP contribution in [0.4, 0.5) is 17.6 Å². The lowest BCUT2D eigenvalue weighted by Gasteiger charge is -2.10. The molecule has 1 aromatic heterocycles. The van der Waals surface area contributed by atoms with Gasteiger partial charge in [0.05, 0.1) is 11.4 Å². The van der Waals surface area contributed by atoms with Gasteiger partial charge in [0.25, 0.3) is 0 Å². The van der Waals surface area contributed by atoms with Gasteiger partial charge in [0.15, 0.2) is 0 Å². The quantitative estimate of drug-likeness (QED) is 0.753. The van der Waals surface area contributed by atoms with Gasteiger partial charge in [-0.15, -0.1) is 0 Å². The van der Waals surface area contributed by atoms with Crippen molar-refractivity contribution in [2.24, 2.45) is 0 Å². The minimum Gasteiger partial charge on any atom is -0.255 e. The summed E-state index contributed by atoms with van der Waals surface area (Å²) in [5.74, 6) is -0.433. The Labute approximate surface area is 101 Å². The minimum absolute atomic E-state index is 0.324. The van der Waals surface area contributed by atoms with Crippen LogP contribution >= 0.6 is 0 Å². The number of hydrogen-bond donors (Lipinski definition) is 0. The number of hydrogen-bond acceptors (Lipinski definition) is 1. The van der Waals surface area contributed by atoms with Crippen LogP contribution in [0.2, 0.25) is 0 Å². The molecule has 96 valence electrons. The fraction of sp³-hybridized carbons (Fsp3) is 0.250. The SMILES string of the molecule is Cc1cc(-c2ccc(F)cc2)n(CC(F)(F)F)n1. The monoisotopic (exact) mass is 258 g/mol. The van der Waals surface area contributed by atoms with Gasteiger partial charge in [0.1, 0.15) is 12.4 Å². The maximum Gasteiger partial charge on any atom is 0.408 e. The van der Waals surface area contributed by atoms with Gasteiger partial charge in [-0.1, -0.05) is 0 Å². The van der Waals surface area contributed by atoms with E-state index in [-0.39, 0.29) is 0 Å². The first-order valence-electron chi connectivity index (χ1n) is 5.22. The molecule has 0 aliphatic rings. The van der Waals surface area contributed by atoms with Crippen molar-refractivity contribution in [3.63, 3.8) is 0 Å². The van der Waals surface area contributed by atoms with Crippen LogP contribution in [0.3, 0.4) is 0 Å². The second kappa shape index (κ2) is 4.44. The van der Waals surface area contributed by atoms with E-state index in [1.54, 1.807) is 13.0 Å². The van der Waals surface area contributed by atoms with E-state index in [1.807, 2.05) is 0 Å². The van der Waals surface area contributed by atoms with Crippen LogP contribution in [-0.2, 0) is 6.54 Å². The maximum absolute atomic E-state index is 12.8. The van der Waals surface area contributed by atoms with Crippen molar-refractivity contribution in [3.8, 4) is 11.3 Å². The van der Waals surface area contributed by atoms with Gasteiger partial charge in [-0.25, -0.2) is 4.39 Å². The Morgan fingerprint density at radius 1 is 1.17 bits per heavy atom. The summed E-state index contributed by atoms with van der Waals surface area (Å²) in [6.07, 6.45) is -4.34. The summed E-state index contributed by atoms with van der Waals surface area (Å²) in [7, 11) is 0. The van der Waals surface area contributed by atoms with Crippen LogP contribution in [0.5, 0.6) is 0 Å². The van der Waals surface area contributed by atoms with Gasteiger partial charge in [0, 0.05) is 5.56 Å². The lowest BCUT2D eigenvalue weighted by Crippen LogP contribution is -2.19. The molecule has 0 bridgehead atoms. The van der Waals surface area contributed by atoms with Crippen molar-refractivity contribution >= 4 is 0 Å². The van der Waals surface area contributed by atoms with Gasteiger partial charge in [-0.05, 0) is 37.3 Å². The molecule has 6 heteroatoms. The zero-order chi connectivity index (χ0) is 13.3. The van der Waals surface area contributed by atoms with Crippen molar-refractivity contribution in [2.45, 2.75) is 19.6 Å². The van der Waals surface area contributed by atoms with Crippen molar-refractivity contribution in [1.29, 1.82) is 0 Å². The van der Waals surface area contributed by atoms with E-state index >= 15 is 0 Å². The Morgan fingerprint density at radius 2 is 1.78 bits per heavy atom. The Hall–Kier alpha value is -1.85. The Morgan fingerprint density at radius 3 is 2.33 bits per heavy atom. The van der Waals surface area contributed by atoms with E-state index in [2.05, 4.69) is 5.10 Å². The topological polar surface area (TPSA) is 17.8 Å². The fourth-order valence-corrected chi connectivity index (χ4v) is 1.69. The molecule has 1 aromatic carbocycles. The van der Waals surface area contributed by atoms with E-state index in [9.17, 15) is 17.6 Å². The molecule has 0 aliphatic carbocycles. The Balaban J connectivity index is 2.41. The zero-order valence-electron chi connectivity index (χ0n) is 9.50. The van der Waals surface area contributed by atoms with E-state index in [1.165, 1.54) is 24.3 Å². The van der Waals surface area contributed by atoms with E-state index < -0.39 is 18.5 Å². The molecular weight excluding hydrogens is 248 g/mol. The van der Waals surface area contributed by atoms with Gasteiger partial charge < -0.3 is 0 Å². The average molecular weight is 258 g/mol. The molecule has 18 heavy (non-hydrogen) atoms. The van der Waals surface area contributed by atoms with E-state index in [0.717, 1.165) is 4.68 Å². The lowest BCUT2D eigenvalue weighted by molar-refractivity contribution is -0.142. The van der Waals surface area contributed by atoms with E-state index in [0.29, 0.717) is 17.0 Å². The molecule has 0 unspecified atom stereocenters. The predicted octanol–water partition coefficient (Wildman–Crippen LogP) is 3.56. The molecule has 0 atom stereocenters. The van der Waals surface area contributed by atoms with Gasteiger partial charge >= 0.3 is 6.18 Å². The third-order valence-corrected chi connectivity index (χ3v) is 2.37. The molecule has 0 N–H and O–H groups in total. The predicted molar refractivity (Wildman–Crippen MR) is 58.4 cm³/mol. The van der Waals surface area contributed by atoms with Gasteiger partial charge in [0.2, 0.25) is 0 Å². The van der Waals surface area contributed by atoms with Crippen molar-refractivity contribution in [1.82, 2.24) is 9.78 Å². The van der Waals surface area contributed by atoms with Crippen molar-refractivity contribution in [2.75, 3.05) is 0 Å². The first-order chi connectivity index (χ1) is 8.35. The summed E-state index contributed by atoms with van der Waals surface area (Å²) < 4.78 is 50.8. The summed E-state index contributed by atoms with van der Waals surface area (Å²) in [4.78, 5) is 0. The Kier molecular flexibility index (Phi) is 3.11. The molecule has 0 spiro atoms. The van der Waals surface area contributed by atoms with Crippen LogP contribution < -0.4 is 0 Å². The Bertz CT molecular complexity index is 540. The molecule has 0 radical (unpaired) electrons. The highest BCUT2D eigenvalue weighted by atomic mass is 19.4. The fourth-order valence-electron chi connectivity index (χ4n) is 1.69. The molecule has 0 fully saturated rings. The number of rotatable bonds is 2. The molecule has 2 nitrogen and oxygen atoms in total. The van der Waals surface area contributed by atoms with Gasteiger partial charge in [-0.2, -0.15) is 18.3 Å². The van der Waals surface area contributed by atoms with Crippen LogP contribution in [0.15, 0.2) is 30.3 Å². The highest BCUT2D eigenvalue weighted by Gasteiger charge is 2.29. The minimum atomic E-state index is -4.34. The molecule has 0 saturated heterocycles. The summed E-state index contributed by atoms with van der Waals surface area (Å²) in [6.45, 7) is 0.452. The third-order valence-electron chi connectivity index (χ3n) is 2.37. The van der Waals surface area contributed by atoms with Crippen LogP contribution in [0, 0.1) is 12.7 Å². The highest BCUT2D eigenvalue weighted by molar-refractivity contribution is 5.59. The summed E-state index contributed by atoms with van der Waals surface area (Å²) in [5.41, 5.74) is 1.31. The number of benzene rings is 1. The molecule has 2 rings (SSSR count). The van der Waals surface area contributed by atoms with Crippen molar-refractivity contribution < 1.29 is 17.6 Å². The maximum atomic E-state index is 12.8. The number of aromatic nitrogens is 2. The van der Waals surface area contributed by atoms with Crippen molar-refractivity contribution in [3.05, 3.63) is 41.8 Å². The molecular formula is C12H10F4N2. The largest absolute Gasteiger partial charge is 0.408 e. The highest BCUT2D eigenvalue weighted by Crippen LogP contribution is 2.25. The molecule has 0 saturated carbocycles. The van der Waals surface area contributed by atoms with Crippen LogP contribution in [-0.4, -0.2) is 16.0 Å². The molecule has 0 amide bonds. The number of aryl methyl sites for hydroxylation is 1. The molecule has 1 heterocycles. The second-order valence-electron chi connectivity index (χ2n) is 3.95. The normalized spacial score (nSPS) is 11.8. The standard InChI is InChI=1S/C12H10F4N2/c1-8-6-11(9-2-4-10(13)5-3-9)18(17-8)7-12(14,15)16/h2-6H,7H2,1H3. The molecule has 2 aromatic rings. The van der Waals surface area contributed by atoms with Gasteiger partial charge in [-0.3, -0.25) is 4.68 Å². The number of alkyl halides is 3. The molecule has 0 aliphatic heterocycles. The first-order valence-corrected chi connectivity index (χ1v) is 5.22. The smallest absolute Gasteiger partial charge is 0.255 e. The van der Waals surface area contributed by atoms with Crippen LogP contribution in [0.1, 0.15) is 5.69 Å². The lowest BCUT2D eigenvalue weighted by atomic mass is 10.1. The summed E-state index contributed by atoms with van der Waals surface area (Å²) in [6, 6.07) is 6.81. The van der Waals surface area contributed by atoms with Crippen LogP contribution in [0.25, 0.3) is 11.3 Å².